The Kier molecular flexibility index (Phi) is 13.8. The molecule has 0 unspecified atom stereocenters. The minimum atomic E-state index is 0.491. The van der Waals surface area contributed by atoms with E-state index in [1.54, 1.807) is 0 Å². The molecule has 0 radical (unpaired) electrons. The molecule has 3 heteroatoms. The molecule has 0 aliphatic heterocycles. The average Bonchev–Trinajstić information content (AvgIpc) is 2.21. The van der Waals surface area contributed by atoms with Gasteiger partial charge in [-0.15, -0.1) is 0 Å². The molecule has 0 saturated heterocycles. The van der Waals surface area contributed by atoms with Crippen molar-refractivity contribution in [1.29, 1.82) is 0 Å². The molecule has 0 rings (SSSR count). The number of rotatable bonds is 11. The lowest BCUT2D eigenvalue weighted by atomic mass is 10.1. The highest BCUT2D eigenvalue weighted by molar-refractivity contribution is 9.09. The molecule has 1 N–H and O–H groups in total. The second-order valence-electron chi connectivity index (χ2n) is 3.70. The van der Waals surface area contributed by atoms with Crippen molar-refractivity contribution >= 4 is 15.9 Å². The van der Waals surface area contributed by atoms with Crippen LogP contribution in [0.1, 0.15) is 57.8 Å². The first-order valence-electron chi connectivity index (χ1n) is 5.74. The van der Waals surface area contributed by atoms with Crippen LogP contribution in [-0.4, -0.2) is 17.2 Å². The van der Waals surface area contributed by atoms with Crippen molar-refractivity contribution in [2.75, 3.05) is 11.9 Å². The van der Waals surface area contributed by atoms with E-state index in [4.69, 9.17) is 5.26 Å². The highest BCUT2D eigenvalue weighted by atomic mass is 79.9. The van der Waals surface area contributed by atoms with Crippen LogP contribution in [0.3, 0.4) is 0 Å². The first-order valence-corrected chi connectivity index (χ1v) is 6.86. The molecule has 0 aromatic heterocycles. The number of hydrogen-bond donors (Lipinski definition) is 1. The van der Waals surface area contributed by atoms with Crippen LogP contribution < -0.4 is 0 Å². The molecule has 0 fully saturated rings. The van der Waals surface area contributed by atoms with Crippen LogP contribution in [0.25, 0.3) is 0 Å². The highest BCUT2D eigenvalue weighted by Gasteiger charge is 1.92. The molecular formula is C11H23BrO2. The van der Waals surface area contributed by atoms with Gasteiger partial charge >= 0.3 is 0 Å². The Morgan fingerprint density at radius 2 is 1.14 bits per heavy atom. The van der Waals surface area contributed by atoms with Gasteiger partial charge in [-0.1, -0.05) is 60.9 Å². The molecule has 0 bridgehead atoms. The van der Waals surface area contributed by atoms with Crippen LogP contribution in [0, 0.1) is 0 Å². The van der Waals surface area contributed by atoms with Gasteiger partial charge in [0.1, 0.15) is 0 Å². The highest BCUT2D eigenvalue weighted by Crippen LogP contribution is 2.10. The molecule has 2 nitrogen and oxygen atoms in total. The molecule has 86 valence electrons. The summed E-state index contributed by atoms with van der Waals surface area (Å²) in [6.45, 7) is 0.491. The zero-order chi connectivity index (χ0) is 10.5. The topological polar surface area (TPSA) is 29.5 Å². The van der Waals surface area contributed by atoms with E-state index in [9.17, 15) is 0 Å². The Balaban J connectivity index is 2.78. The minimum absolute atomic E-state index is 0.491. The van der Waals surface area contributed by atoms with Crippen molar-refractivity contribution < 1.29 is 10.1 Å². The Morgan fingerprint density at radius 1 is 0.714 bits per heavy atom. The summed E-state index contributed by atoms with van der Waals surface area (Å²) in [5, 5.41) is 9.23. The molecule has 0 amide bonds. The standard InChI is InChI=1S/C11H23BrO2/c12-10-8-6-4-2-1-3-5-7-9-11-14-13/h13H,1-11H2. The maximum absolute atomic E-state index is 8.09. The van der Waals surface area contributed by atoms with E-state index in [-0.39, 0.29) is 0 Å². The van der Waals surface area contributed by atoms with E-state index < -0.39 is 0 Å². The summed E-state index contributed by atoms with van der Waals surface area (Å²) in [5.74, 6) is 0. The van der Waals surface area contributed by atoms with Crippen molar-refractivity contribution in [3.63, 3.8) is 0 Å². The molecule has 0 heterocycles. The summed E-state index contributed by atoms with van der Waals surface area (Å²) in [5.41, 5.74) is 0. The summed E-state index contributed by atoms with van der Waals surface area (Å²) in [7, 11) is 0. The lowest BCUT2D eigenvalue weighted by Crippen LogP contribution is -1.88. The van der Waals surface area contributed by atoms with Crippen LogP contribution in [0.15, 0.2) is 0 Å². The van der Waals surface area contributed by atoms with Crippen molar-refractivity contribution in [3.8, 4) is 0 Å². The minimum Gasteiger partial charge on any atom is -0.252 e. The van der Waals surface area contributed by atoms with Gasteiger partial charge in [-0.2, -0.15) is 0 Å². The van der Waals surface area contributed by atoms with Crippen LogP contribution in [0.4, 0.5) is 0 Å². The summed E-state index contributed by atoms with van der Waals surface area (Å²) >= 11 is 3.44. The van der Waals surface area contributed by atoms with Crippen LogP contribution in [0.2, 0.25) is 0 Å². The van der Waals surface area contributed by atoms with Crippen LogP contribution >= 0.6 is 15.9 Å². The lowest BCUT2D eigenvalue weighted by molar-refractivity contribution is -0.242. The predicted molar refractivity (Wildman–Crippen MR) is 63.9 cm³/mol. The Morgan fingerprint density at radius 3 is 1.57 bits per heavy atom. The van der Waals surface area contributed by atoms with Gasteiger partial charge in [-0.25, -0.2) is 4.89 Å². The molecule has 0 atom stereocenters. The maximum Gasteiger partial charge on any atom is 0.0819 e. The zero-order valence-electron chi connectivity index (χ0n) is 9.01. The van der Waals surface area contributed by atoms with Gasteiger partial charge in [-0.05, 0) is 12.8 Å². The van der Waals surface area contributed by atoms with Crippen molar-refractivity contribution in [2.24, 2.45) is 0 Å². The second kappa shape index (κ2) is 13.4. The Bertz CT molecular complexity index is 87.3. The number of unbranched alkanes of at least 4 members (excludes halogenated alkanes) is 8. The molecule has 14 heavy (non-hydrogen) atoms. The molecule has 0 aliphatic carbocycles. The van der Waals surface area contributed by atoms with Gasteiger partial charge in [0.2, 0.25) is 0 Å². The van der Waals surface area contributed by atoms with Gasteiger partial charge in [0.15, 0.2) is 0 Å². The van der Waals surface area contributed by atoms with Crippen molar-refractivity contribution in [2.45, 2.75) is 57.8 Å². The van der Waals surface area contributed by atoms with E-state index >= 15 is 0 Å². The zero-order valence-corrected chi connectivity index (χ0v) is 10.6. The van der Waals surface area contributed by atoms with Gasteiger partial charge < -0.3 is 0 Å². The average molecular weight is 267 g/mol. The maximum atomic E-state index is 8.09. The molecule has 0 spiro atoms. The van der Waals surface area contributed by atoms with Crippen LogP contribution in [-0.2, 0) is 4.89 Å². The van der Waals surface area contributed by atoms with E-state index in [2.05, 4.69) is 20.8 Å². The van der Waals surface area contributed by atoms with Gasteiger partial charge in [0, 0.05) is 5.33 Å². The Labute approximate surface area is 96.1 Å². The van der Waals surface area contributed by atoms with E-state index in [1.165, 1.54) is 51.4 Å². The second-order valence-corrected chi connectivity index (χ2v) is 4.50. The third-order valence-corrected chi connectivity index (χ3v) is 2.93. The summed E-state index contributed by atoms with van der Waals surface area (Å²) in [6.07, 6.45) is 11.6. The summed E-state index contributed by atoms with van der Waals surface area (Å²) < 4.78 is 0. The third-order valence-electron chi connectivity index (χ3n) is 2.37. The van der Waals surface area contributed by atoms with Gasteiger partial charge in [0.05, 0.1) is 6.61 Å². The fraction of sp³-hybridized carbons (Fsp3) is 1.00. The molecular weight excluding hydrogens is 244 g/mol. The largest absolute Gasteiger partial charge is 0.252 e. The van der Waals surface area contributed by atoms with Crippen molar-refractivity contribution in [1.82, 2.24) is 0 Å². The molecule has 0 aromatic rings. The summed E-state index contributed by atoms with van der Waals surface area (Å²) in [6, 6.07) is 0. The Hall–Kier alpha value is 0.400. The number of hydrogen-bond acceptors (Lipinski definition) is 2. The van der Waals surface area contributed by atoms with E-state index in [1.807, 2.05) is 0 Å². The number of halogens is 1. The molecule has 0 aromatic carbocycles. The predicted octanol–water partition coefficient (Wildman–Crippen LogP) is 4.38. The van der Waals surface area contributed by atoms with Gasteiger partial charge in [-0.3, -0.25) is 5.26 Å². The lowest BCUT2D eigenvalue weighted by Gasteiger charge is -2.01. The van der Waals surface area contributed by atoms with Gasteiger partial charge in [0.25, 0.3) is 0 Å². The fourth-order valence-electron chi connectivity index (χ4n) is 1.50. The first-order chi connectivity index (χ1) is 6.91. The van der Waals surface area contributed by atoms with E-state index in [0.29, 0.717) is 6.61 Å². The summed E-state index contributed by atoms with van der Waals surface area (Å²) in [4.78, 5) is 4.01. The van der Waals surface area contributed by atoms with E-state index in [0.717, 1.165) is 11.8 Å². The van der Waals surface area contributed by atoms with Crippen molar-refractivity contribution in [3.05, 3.63) is 0 Å². The first kappa shape index (κ1) is 14.4. The normalized spacial score (nSPS) is 10.7. The number of alkyl halides is 1. The SMILES string of the molecule is OOCCCCCCCCCCCBr. The third kappa shape index (κ3) is 12.4. The fourth-order valence-corrected chi connectivity index (χ4v) is 1.90. The molecule has 0 aliphatic rings. The smallest absolute Gasteiger partial charge is 0.0819 e. The quantitative estimate of drug-likeness (QED) is 0.260. The monoisotopic (exact) mass is 266 g/mol. The molecule has 0 saturated carbocycles. The van der Waals surface area contributed by atoms with Crippen LogP contribution in [0.5, 0.6) is 0 Å².